The second kappa shape index (κ2) is 7.77. The van der Waals surface area contributed by atoms with Gasteiger partial charge in [-0.25, -0.2) is 4.79 Å². The van der Waals surface area contributed by atoms with E-state index in [4.69, 9.17) is 4.74 Å². The summed E-state index contributed by atoms with van der Waals surface area (Å²) in [6.07, 6.45) is 9.29. The second-order valence-electron chi connectivity index (χ2n) is 6.78. The Hall–Kier alpha value is -1.62. The van der Waals surface area contributed by atoms with E-state index in [1.165, 1.54) is 32.1 Å². The molecule has 2 aliphatic rings. The number of alkyl carbamates (subject to hydrolysis) is 1. The maximum atomic E-state index is 11.6. The van der Waals surface area contributed by atoms with Crippen molar-refractivity contribution in [1.29, 1.82) is 0 Å². The van der Waals surface area contributed by atoms with Gasteiger partial charge in [0.2, 0.25) is 0 Å². The van der Waals surface area contributed by atoms with Gasteiger partial charge >= 0.3 is 6.09 Å². The number of aromatic nitrogens is 1. The summed E-state index contributed by atoms with van der Waals surface area (Å²) in [5, 5.41) is 13.2. The van der Waals surface area contributed by atoms with Crippen molar-refractivity contribution >= 4 is 6.09 Å². The largest absolute Gasteiger partial charge is 0.444 e. The third-order valence-corrected chi connectivity index (χ3v) is 5.08. The number of rotatable bonds is 6. The van der Waals surface area contributed by atoms with Crippen molar-refractivity contribution in [3.63, 3.8) is 0 Å². The van der Waals surface area contributed by atoms with Gasteiger partial charge in [-0.15, -0.1) is 0 Å². The summed E-state index contributed by atoms with van der Waals surface area (Å²) < 4.78 is 5.42. The first-order chi connectivity index (χ1) is 11.2. The molecule has 0 bridgehead atoms. The van der Waals surface area contributed by atoms with Gasteiger partial charge in [-0.2, -0.15) is 0 Å². The quantitative estimate of drug-likeness (QED) is 0.844. The van der Waals surface area contributed by atoms with Crippen LogP contribution in [0.3, 0.4) is 0 Å². The van der Waals surface area contributed by atoms with E-state index in [0.29, 0.717) is 24.5 Å². The number of nitrogens with one attached hydrogen (secondary N) is 1. The number of pyridine rings is 1. The molecule has 23 heavy (non-hydrogen) atoms. The van der Waals surface area contributed by atoms with Crippen LogP contribution in [0.2, 0.25) is 0 Å². The molecule has 2 heterocycles. The number of hydrogen-bond acceptors (Lipinski definition) is 4. The standard InChI is InChI=1S/C18H26N2O3/c21-16(14-8-4-5-11-19-14)9-10-17-15(20-18(22)23-17)12-13-6-2-1-3-7-13/h4-5,8,11,13,15-17,21H,1-3,6-7,9-10,12H2,(H,20,22). The Bertz CT molecular complexity index is 502. The van der Waals surface area contributed by atoms with E-state index < -0.39 is 6.10 Å². The Kier molecular flexibility index (Phi) is 5.49. The summed E-state index contributed by atoms with van der Waals surface area (Å²) in [5.74, 6) is 0.693. The Balaban J connectivity index is 1.51. The molecule has 3 atom stereocenters. The van der Waals surface area contributed by atoms with Gasteiger partial charge in [-0.3, -0.25) is 4.98 Å². The third kappa shape index (κ3) is 4.44. The Morgan fingerprint density at radius 1 is 1.30 bits per heavy atom. The van der Waals surface area contributed by atoms with Gasteiger partial charge in [-0.1, -0.05) is 38.2 Å². The fourth-order valence-corrected chi connectivity index (χ4v) is 3.79. The summed E-state index contributed by atoms with van der Waals surface area (Å²) in [6, 6.07) is 5.61. The van der Waals surface area contributed by atoms with E-state index in [0.717, 1.165) is 6.42 Å². The van der Waals surface area contributed by atoms with Crippen molar-refractivity contribution < 1.29 is 14.6 Å². The minimum absolute atomic E-state index is 0.0848. The van der Waals surface area contributed by atoms with E-state index >= 15 is 0 Å². The highest BCUT2D eigenvalue weighted by Crippen LogP contribution is 2.31. The van der Waals surface area contributed by atoms with E-state index in [1.807, 2.05) is 18.2 Å². The zero-order chi connectivity index (χ0) is 16.1. The molecule has 5 nitrogen and oxygen atoms in total. The van der Waals surface area contributed by atoms with Crippen LogP contribution in [0, 0.1) is 5.92 Å². The first-order valence-corrected chi connectivity index (χ1v) is 8.78. The first-order valence-electron chi connectivity index (χ1n) is 8.78. The van der Waals surface area contributed by atoms with Crippen LogP contribution in [-0.2, 0) is 4.74 Å². The number of aliphatic hydroxyl groups excluding tert-OH is 1. The van der Waals surface area contributed by atoms with Crippen LogP contribution < -0.4 is 5.32 Å². The number of cyclic esters (lactones) is 1. The van der Waals surface area contributed by atoms with Crippen LogP contribution in [0.15, 0.2) is 24.4 Å². The van der Waals surface area contributed by atoms with Gasteiger partial charge < -0.3 is 15.2 Å². The van der Waals surface area contributed by atoms with Crippen LogP contribution in [0.4, 0.5) is 4.79 Å². The molecule has 3 rings (SSSR count). The molecule has 1 saturated heterocycles. The van der Waals surface area contributed by atoms with Crippen LogP contribution in [0.25, 0.3) is 0 Å². The highest BCUT2D eigenvalue weighted by Gasteiger charge is 2.35. The minimum atomic E-state index is -0.606. The van der Waals surface area contributed by atoms with Crippen molar-refractivity contribution in [2.24, 2.45) is 5.92 Å². The van der Waals surface area contributed by atoms with Crippen molar-refractivity contribution in [2.45, 2.75) is 69.6 Å². The SMILES string of the molecule is O=C1NC(CC2CCCCC2)C(CCC(O)c2ccccn2)O1. The highest BCUT2D eigenvalue weighted by atomic mass is 16.6. The van der Waals surface area contributed by atoms with E-state index in [2.05, 4.69) is 10.3 Å². The van der Waals surface area contributed by atoms with Gasteiger partial charge in [0.15, 0.2) is 0 Å². The maximum Gasteiger partial charge on any atom is 0.407 e. The molecule has 3 unspecified atom stereocenters. The van der Waals surface area contributed by atoms with E-state index in [1.54, 1.807) is 6.20 Å². The fourth-order valence-electron chi connectivity index (χ4n) is 3.79. The van der Waals surface area contributed by atoms with Crippen LogP contribution in [-0.4, -0.2) is 28.3 Å². The van der Waals surface area contributed by atoms with Crippen LogP contribution >= 0.6 is 0 Å². The highest BCUT2D eigenvalue weighted by molar-refractivity contribution is 5.70. The van der Waals surface area contributed by atoms with Crippen LogP contribution in [0.5, 0.6) is 0 Å². The molecule has 0 aromatic carbocycles. The number of amides is 1. The predicted octanol–water partition coefficient (Wildman–Crippen LogP) is 3.34. The summed E-state index contributed by atoms with van der Waals surface area (Å²) in [7, 11) is 0. The van der Waals surface area contributed by atoms with Crippen molar-refractivity contribution in [2.75, 3.05) is 0 Å². The third-order valence-electron chi connectivity index (χ3n) is 5.08. The molecule has 1 amide bonds. The average molecular weight is 318 g/mol. The monoisotopic (exact) mass is 318 g/mol. The summed E-state index contributed by atoms with van der Waals surface area (Å²) in [6.45, 7) is 0. The van der Waals surface area contributed by atoms with Gasteiger partial charge in [0.25, 0.3) is 0 Å². The van der Waals surface area contributed by atoms with Gasteiger partial charge in [-0.05, 0) is 37.3 Å². The van der Waals surface area contributed by atoms with Gasteiger partial charge in [0.1, 0.15) is 6.10 Å². The molecule has 2 N–H and O–H groups in total. The smallest absolute Gasteiger partial charge is 0.407 e. The number of nitrogens with zero attached hydrogens (tertiary/aromatic N) is 1. The topological polar surface area (TPSA) is 71.5 Å². The van der Waals surface area contributed by atoms with E-state index in [-0.39, 0.29) is 18.2 Å². The van der Waals surface area contributed by atoms with Gasteiger partial charge in [0, 0.05) is 6.20 Å². The molecule has 0 spiro atoms. The number of aliphatic hydroxyl groups is 1. The van der Waals surface area contributed by atoms with Gasteiger partial charge in [0.05, 0.1) is 17.8 Å². The van der Waals surface area contributed by atoms with Crippen molar-refractivity contribution in [3.05, 3.63) is 30.1 Å². The molecule has 1 aliphatic heterocycles. The minimum Gasteiger partial charge on any atom is -0.444 e. The molecular formula is C18H26N2O3. The fraction of sp³-hybridized carbons (Fsp3) is 0.667. The first kappa shape index (κ1) is 16.2. The molecule has 2 fully saturated rings. The van der Waals surface area contributed by atoms with Crippen molar-refractivity contribution in [3.8, 4) is 0 Å². The van der Waals surface area contributed by atoms with E-state index in [9.17, 15) is 9.90 Å². The zero-order valence-electron chi connectivity index (χ0n) is 13.5. The maximum absolute atomic E-state index is 11.6. The molecule has 0 radical (unpaired) electrons. The molecular weight excluding hydrogens is 292 g/mol. The summed E-state index contributed by atoms with van der Waals surface area (Å²) in [4.78, 5) is 15.8. The van der Waals surface area contributed by atoms with Crippen molar-refractivity contribution in [1.82, 2.24) is 10.3 Å². The number of carbonyl (C=O) groups excluding carboxylic acids is 1. The number of carbonyl (C=O) groups is 1. The molecule has 1 saturated carbocycles. The Morgan fingerprint density at radius 3 is 2.87 bits per heavy atom. The summed E-state index contributed by atoms with van der Waals surface area (Å²) >= 11 is 0. The zero-order valence-corrected chi connectivity index (χ0v) is 13.5. The lowest BCUT2D eigenvalue weighted by molar-refractivity contribution is 0.0949. The average Bonchev–Trinajstić information content (AvgIpc) is 2.94. The second-order valence-corrected chi connectivity index (χ2v) is 6.78. The lowest BCUT2D eigenvalue weighted by Gasteiger charge is -2.26. The molecule has 1 aromatic heterocycles. The lowest BCUT2D eigenvalue weighted by atomic mass is 9.83. The summed E-state index contributed by atoms with van der Waals surface area (Å²) in [5.41, 5.74) is 0.675. The molecule has 5 heteroatoms. The van der Waals surface area contributed by atoms with Crippen LogP contribution in [0.1, 0.15) is 63.2 Å². The Labute approximate surface area is 137 Å². The predicted molar refractivity (Wildman–Crippen MR) is 86.8 cm³/mol. The molecule has 1 aliphatic carbocycles. The molecule has 126 valence electrons. The Morgan fingerprint density at radius 2 is 2.13 bits per heavy atom. The normalized spacial score (nSPS) is 26.6. The number of ether oxygens (including phenoxy) is 1. The molecule has 1 aromatic rings. The lowest BCUT2D eigenvalue weighted by Crippen LogP contribution is -2.34. The number of hydrogen-bond donors (Lipinski definition) is 2.